The number of carbonyl (C=O) groups excluding carboxylic acids is 2. The van der Waals surface area contributed by atoms with Crippen LogP contribution in [-0.4, -0.2) is 65.0 Å². The summed E-state index contributed by atoms with van der Waals surface area (Å²) < 4.78 is 5.37. The number of rotatable bonds is 5. The highest BCUT2D eigenvalue weighted by molar-refractivity contribution is 5.91. The maximum atomic E-state index is 12.5. The van der Waals surface area contributed by atoms with Gasteiger partial charge in [0, 0.05) is 31.7 Å². The minimum absolute atomic E-state index is 0.103. The first kappa shape index (κ1) is 18.5. The third-order valence-electron chi connectivity index (χ3n) is 6.04. The van der Waals surface area contributed by atoms with Crippen molar-refractivity contribution in [3.05, 3.63) is 23.7 Å². The molecule has 7 nitrogen and oxygen atoms in total. The standard InChI is InChI=1S/C20H29N3O4/c24-13-17-5-6-18(27-17)20(26)22-10-7-16(8-11-22)23-9-1-2-14(12-23)19(25)21-15-3-4-15/h5-6,14-16,24H,1-4,7-13H2,(H,21,25)/t14-/m1/s1. The highest BCUT2D eigenvalue weighted by Gasteiger charge is 2.34. The minimum Gasteiger partial charge on any atom is -0.453 e. The molecular weight excluding hydrogens is 346 g/mol. The number of nitrogens with one attached hydrogen (secondary N) is 1. The molecule has 1 aromatic rings. The Morgan fingerprint density at radius 1 is 1.11 bits per heavy atom. The van der Waals surface area contributed by atoms with Gasteiger partial charge in [0.1, 0.15) is 12.4 Å². The van der Waals surface area contributed by atoms with E-state index in [1.54, 1.807) is 12.1 Å². The molecule has 27 heavy (non-hydrogen) atoms. The maximum Gasteiger partial charge on any atom is 0.289 e. The number of hydrogen-bond donors (Lipinski definition) is 2. The zero-order valence-electron chi connectivity index (χ0n) is 15.7. The van der Waals surface area contributed by atoms with Crippen molar-refractivity contribution in [3.63, 3.8) is 0 Å². The third kappa shape index (κ3) is 4.35. The van der Waals surface area contributed by atoms with Gasteiger partial charge >= 0.3 is 0 Å². The van der Waals surface area contributed by atoms with E-state index in [4.69, 9.17) is 9.52 Å². The molecule has 0 aromatic carbocycles. The van der Waals surface area contributed by atoms with Crippen LogP contribution in [0.25, 0.3) is 0 Å². The fourth-order valence-electron chi connectivity index (χ4n) is 4.27. The molecule has 1 aromatic heterocycles. The summed E-state index contributed by atoms with van der Waals surface area (Å²) in [7, 11) is 0. The molecule has 0 spiro atoms. The van der Waals surface area contributed by atoms with Crippen molar-refractivity contribution in [2.24, 2.45) is 5.92 Å². The van der Waals surface area contributed by atoms with Crippen LogP contribution in [0.1, 0.15) is 54.8 Å². The van der Waals surface area contributed by atoms with Crippen LogP contribution in [0.5, 0.6) is 0 Å². The lowest BCUT2D eigenvalue weighted by atomic mass is 9.93. The number of aliphatic hydroxyl groups excluding tert-OH is 1. The van der Waals surface area contributed by atoms with Crippen molar-refractivity contribution in [1.29, 1.82) is 0 Å². The summed E-state index contributed by atoms with van der Waals surface area (Å²) in [6, 6.07) is 4.14. The van der Waals surface area contributed by atoms with Crippen molar-refractivity contribution in [1.82, 2.24) is 15.1 Å². The largest absolute Gasteiger partial charge is 0.453 e. The number of aliphatic hydroxyl groups is 1. The van der Waals surface area contributed by atoms with E-state index in [1.807, 2.05) is 4.90 Å². The summed E-state index contributed by atoms with van der Waals surface area (Å²) in [5, 5.41) is 12.2. The summed E-state index contributed by atoms with van der Waals surface area (Å²) in [6.07, 6.45) is 6.16. The van der Waals surface area contributed by atoms with Gasteiger partial charge in [-0.15, -0.1) is 0 Å². The smallest absolute Gasteiger partial charge is 0.289 e. The van der Waals surface area contributed by atoms with Gasteiger partial charge in [-0.2, -0.15) is 0 Å². The Bertz CT molecular complexity index is 677. The Labute approximate surface area is 159 Å². The van der Waals surface area contributed by atoms with Crippen LogP contribution in [0.2, 0.25) is 0 Å². The first-order valence-electron chi connectivity index (χ1n) is 10.2. The Kier molecular flexibility index (Phi) is 5.50. The van der Waals surface area contributed by atoms with Crippen molar-refractivity contribution in [2.75, 3.05) is 26.2 Å². The fraction of sp³-hybridized carbons (Fsp3) is 0.700. The van der Waals surface area contributed by atoms with E-state index in [0.717, 1.165) is 51.6 Å². The molecule has 148 valence electrons. The molecule has 2 amide bonds. The average Bonchev–Trinajstić information content (AvgIpc) is 3.40. The van der Waals surface area contributed by atoms with Crippen molar-refractivity contribution >= 4 is 11.8 Å². The molecule has 7 heteroatoms. The van der Waals surface area contributed by atoms with E-state index in [1.165, 1.54) is 0 Å². The van der Waals surface area contributed by atoms with Crippen LogP contribution in [0, 0.1) is 5.92 Å². The molecule has 0 unspecified atom stereocenters. The molecule has 2 N–H and O–H groups in total. The molecular formula is C20H29N3O4. The fourth-order valence-corrected chi connectivity index (χ4v) is 4.27. The summed E-state index contributed by atoms with van der Waals surface area (Å²) in [5.74, 6) is 0.948. The Balaban J connectivity index is 1.28. The van der Waals surface area contributed by atoms with E-state index in [0.29, 0.717) is 36.7 Å². The third-order valence-corrected chi connectivity index (χ3v) is 6.04. The lowest BCUT2D eigenvalue weighted by Crippen LogP contribution is -2.51. The van der Waals surface area contributed by atoms with Gasteiger partial charge in [-0.3, -0.25) is 14.5 Å². The highest BCUT2D eigenvalue weighted by Crippen LogP contribution is 2.26. The van der Waals surface area contributed by atoms with Crippen LogP contribution >= 0.6 is 0 Å². The second-order valence-electron chi connectivity index (χ2n) is 8.06. The molecule has 4 rings (SSSR count). The van der Waals surface area contributed by atoms with Gasteiger partial charge in [0.15, 0.2) is 5.76 Å². The molecule has 3 heterocycles. The van der Waals surface area contributed by atoms with Gasteiger partial charge in [0.05, 0.1) is 5.92 Å². The molecule has 1 atom stereocenters. The molecule has 1 saturated carbocycles. The van der Waals surface area contributed by atoms with E-state index >= 15 is 0 Å². The zero-order valence-corrected chi connectivity index (χ0v) is 15.7. The predicted molar refractivity (Wildman–Crippen MR) is 99.0 cm³/mol. The molecule has 0 bridgehead atoms. The Morgan fingerprint density at radius 3 is 2.56 bits per heavy atom. The number of amides is 2. The van der Waals surface area contributed by atoms with Crippen molar-refractivity contribution in [2.45, 2.75) is 57.2 Å². The first-order valence-corrected chi connectivity index (χ1v) is 10.2. The van der Waals surface area contributed by atoms with E-state index in [-0.39, 0.29) is 24.3 Å². The summed E-state index contributed by atoms with van der Waals surface area (Å²) in [6.45, 7) is 3.10. The molecule has 2 aliphatic heterocycles. The molecule has 3 fully saturated rings. The topological polar surface area (TPSA) is 86.0 Å². The summed E-state index contributed by atoms with van der Waals surface area (Å²) in [5.41, 5.74) is 0. The molecule has 1 aliphatic carbocycles. The monoisotopic (exact) mass is 375 g/mol. The second-order valence-corrected chi connectivity index (χ2v) is 8.06. The van der Waals surface area contributed by atoms with Gasteiger partial charge in [0.25, 0.3) is 5.91 Å². The normalized spacial score (nSPS) is 24.8. The van der Waals surface area contributed by atoms with Gasteiger partial charge in [-0.25, -0.2) is 0 Å². The maximum absolute atomic E-state index is 12.5. The minimum atomic E-state index is -0.195. The van der Waals surface area contributed by atoms with Crippen LogP contribution in [-0.2, 0) is 11.4 Å². The number of nitrogens with zero attached hydrogens (tertiary/aromatic N) is 2. The molecule has 2 saturated heterocycles. The van der Waals surface area contributed by atoms with Crippen LogP contribution in [0.4, 0.5) is 0 Å². The number of furan rings is 1. The zero-order chi connectivity index (χ0) is 18.8. The molecule has 0 radical (unpaired) electrons. The average molecular weight is 375 g/mol. The summed E-state index contributed by atoms with van der Waals surface area (Å²) >= 11 is 0. The van der Waals surface area contributed by atoms with Crippen LogP contribution < -0.4 is 5.32 Å². The van der Waals surface area contributed by atoms with Gasteiger partial charge in [0.2, 0.25) is 5.91 Å². The van der Waals surface area contributed by atoms with Crippen molar-refractivity contribution in [3.8, 4) is 0 Å². The number of carbonyl (C=O) groups is 2. The van der Waals surface area contributed by atoms with Gasteiger partial charge in [-0.1, -0.05) is 0 Å². The highest BCUT2D eigenvalue weighted by atomic mass is 16.4. The lowest BCUT2D eigenvalue weighted by molar-refractivity contribution is -0.127. The van der Waals surface area contributed by atoms with E-state index in [9.17, 15) is 9.59 Å². The second kappa shape index (κ2) is 8.02. The predicted octanol–water partition coefficient (Wildman–Crippen LogP) is 1.37. The van der Waals surface area contributed by atoms with Crippen LogP contribution in [0.3, 0.4) is 0 Å². The van der Waals surface area contributed by atoms with Crippen LogP contribution in [0.15, 0.2) is 16.5 Å². The number of likely N-dealkylation sites (tertiary alicyclic amines) is 2. The van der Waals surface area contributed by atoms with Gasteiger partial charge in [-0.05, 0) is 57.2 Å². The van der Waals surface area contributed by atoms with E-state index in [2.05, 4.69) is 10.2 Å². The van der Waals surface area contributed by atoms with Gasteiger partial charge < -0.3 is 19.7 Å². The SMILES string of the molecule is O=C(NC1CC1)[C@@H]1CCCN(C2CCN(C(=O)c3ccc(CO)o3)CC2)C1. The Morgan fingerprint density at radius 2 is 1.89 bits per heavy atom. The van der Waals surface area contributed by atoms with E-state index < -0.39 is 0 Å². The van der Waals surface area contributed by atoms with Crippen molar-refractivity contribution < 1.29 is 19.1 Å². The number of piperidine rings is 2. The quantitative estimate of drug-likeness (QED) is 0.812. The lowest BCUT2D eigenvalue weighted by Gasteiger charge is -2.41. The summed E-state index contributed by atoms with van der Waals surface area (Å²) in [4.78, 5) is 29.2. The molecule has 3 aliphatic rings. The Hall–Kier alpha value is -1.86. The first-order chi connectivity index (χ1) is 13.1. The number of hydrogen-bond acceptors (Lipinski definition) is 5.